The first-order chi connectivity index (χ1) is 10.0. The Hall–Kier alpha value is -1.91. The number of fused-ring (bicyclic) bond motifs is 2. The standard InChI is InChI=1S/C16H20N2O3/c1-10(15-9-11-2-3-13(15)8-11)17-16(19)12-4-6-14(7-5-12)18(20)21/h4-7,10-11,13,15H,2-3,8-9H2,1H3,(H,17,19)/t10-,11-,13-,15+/m1/s1. The third-order valence-electron chi connectivity index (χ3n) is 5.13. The molecule has 1 aromatic carbocycles. The zero-order chi connectivity index (χ0) is 15.0. The lowest BCUT2D eigenvalue weighted by atomic mass is 9.84. The van der Waals surface area contributed by atoms with Crippen LogP contribution in [0.5, 0.6) is 0 Å². The van der Waals surface area contributed by atoms with Gasteiger partial charge in [0.2, 0.25) is 0 Å². The molecule has 2 aliphatic carbocycles. The summed E-state index contributed by atoms with van der Waals surface area (Å²) in [5.41, 5.74) is 0.489. The van der Waals surface area contributed by atoms with Crippen molar-refractivity contribution in [1.29, 1.82) is 0 Å². The van der Waals surface area contributed by atoms with Crippen molar-refractivity contribution in [2.75, 3.05) is 0 Å². The molecule has 21 heavy (non-hydrogen) atoms. The summed E-state index contributed by atoms with van der Waals surface area (Å²) in [4.78, 5) is 22.4. The van der Waals surface area contributed by atoms with E-state index in [1.165, 1.54) is 49.9 Å². The predicted octanol–water partition coefficient (Wildman–Crippen LogP) is 3.15. The molecule has 1 amide bonds. The van der Waals surface area contributed by atoms with Crippen LogP contribution in [0.25, 0.3) is 0 Å². The number of nitro benzene ring substituents is 1. The molecule has 5 heteroatoms. The van der Waals surface area contributed by atoms with E-state index in [0.29, 0.717) is 11.5 Å². The zero-order valence-corrected chi connectivity index (χ0v) is 12.1. The normalized spacial score (nSPS) is 28.3. The molecular formula is C16H20N2O3. The predicted molar refractivity (Wildman–Crippen MR) is 79.0 cm³/mol. The lowest BCUT2D eigenvalue weighted by Crippen LogP contribution is -2.40. The second-order valence-corrected chi connectivity index (χ2v) is 6.40. The first-order valence-corrected chi connectivity index (χ1v) is 7.60. The number of nitrogens with zero attached hydrogens (tertiary/aromatic N) is 1. The summed E-state index contributed by atoms with van der Waals surface area (Å²) < 4.78 is 0. The maximum Gasteiger partial charge on any atom is 0.269 e. The van der Waals surface area contributed by atoms with Gasteiger partial charge < -0.3 is 5.32 Å². The quantitative estimate of drug-likeness (QED) is 0.683. The summed E-state index contributed by atoms with van der Waals surface area (Å²) in [5, 5.41) is 13.7. The maximum absolute atomic E-state index is 12.2. The second kappa shape index (κ2) is 5.47. The molecule has 2 saturated carbocycles. The number of benzene rings is 1. The third kappa shape index (κ3) is 2.77. The van der Waals surface area contributed by atoms with Crippen LogP contribution in [0.3, 0.4) is 0 Å². The molecule has 0 aliphatic heterocycles. The Morgan fingerprint density at radius 3 is 2.52 bits per heavy atom. The van der Waals surface area contributed by atoms with Gasteiger partial charge in [-0.1, -0.05) is 6.42 Å². The van der Waals surface area contributed by atoms with E-state index in [-0.39, 0.29) is 17.6 Å². The number of nitrogens with one attached hydrogen (secondary N) is 1. The Morgan fingerprint density at radius 1 is 1.29 bits per heavy atom. The lowest BCUT2D eigenvalue weighted by Gasteiger charge is -2.28. The van der Waals surface area contributed by atoms with Gasteiger partial charge in [-0.25, -0.2) is 0 Å². The number of rotatable bonds is 4. The highest BCUT2D eigenvalue weighted by molar-refractivity contribution is 5.94. The molecule has 1 aromatic rings. The molecule has 2 bridgehead atoms. The van der Waals surface area contributed by atoms with Crippen LogP contribution in [0.4, 0.5) is 5.69 Å². The van der Waals surface area contributed by atoms with Crippen molar-refractivity contribution in [3.05, 3.63) is 39.9 Å². The van der Waals surface area contributed by atoms with Gasteiger partial charge in [0.1, 0.15) is 0 Å². The van der Waals surface area contributed by atoms with E-state index in [4.69, 9.17) is 0 Å². The molecule has 0 unspecified atom stereocenters. The fourth-order valence-corrected chi connectivity index (χ4v) is 4.04. The smallest absolute Gasteiger partial charge is 0.269 e. The lowest BCUT2D eigenvalue weighted by molar-refractivity contribution is -0.384. The van der Waals surface area contributed by atoms with Gasteiger partial charge in [-0.15, -0.1) is 0 Å². The molecule has 3 rings (SSSR count). The Morgan fingerprint density at radius 2 is 2.00 bits per heavy atom. The number of non-ortho nitro benzene ring substituents is 1. The molecule has 112 valence electrons. The SMILES string of the molecule is C[C@@H](NC(=O)c1ccc([N+](=O)[O-])cc1)[C@@H]1C[C@@H]2CC[C@@H]1C2. The van der Waals surface area contributed by atoms with E-state index in [2.05, 4.69) is 12.2 Å². The highest BCUT2D eigenvalue weighted by Gasteiger charge is 2.42. The van der Waals surface area contributed by atoms with Crippen molar-refractivity contribution in [3.8, 4) is 0 Å². The van der Waals surface area contributed by atoms with Gasteiger partial charge >= 0.3 is 0 Å². The van der Waals surface area contributed by atoms with Crippen molar-refractivity contribution in [3.63, 3.8) is 0 Å². The summed E-state index contributed by atoms with van der Waals surface area (Å²) in [6.45, 7) is 2.08. The molecule has 0 spiro atoms. The van der Waals surface area contributed by atoms with Gasteiger partial charge in [0.15, 0.2) is 0 Å². The zero-order valence-electron chi connectivity index (χ0n) is 12.1. The van der Waals surface area contributed by atoms with Gasteiger partial charge in [0, 0.05) is 23.7 Å². The van der Waals surface area contributed by atoms with Crippen LogP contribution in [0.1, 0.15) is 43.0 Å². The van der Waals surface area contributed by atoms with Crippen LogP contribution < -0.4 is 5.32 Å². The maximum atomic E-state index is 12.2. The van der Waals surface area contributed by atoms with Crippen LogP contribution in [0.2, 0.25) is 0 Å². The number of nitro groups is 1. The molecule has 0 saturated heterocycles. The van der Waals surface area contributed by atoms with Crippen LogP contribution in [0, 0.1) is 27.9 Å². The molecule has 2 fully saturated rings. The minimum atomic E-state index is -0.459. The molecule has 5 nitrogen and oxygen atoms in total. The number of amides is 1. The van der Waals surface area contributed by atoms with Crippen molar-refractivity contribution < 1.29 is 9.72 Å². The highest BCUT2D eigenvalue weighted by atomic mass is 16.6. The number of carbonyl (C=O) groups excluding carboxylic acids is 1. The number of hydrogen-bond donors (Lipinski definition) is 1. The molecule has 2 aliphatic rings. The van der Waals surface area contributed by atoms with E-state index in [9.17, 15) is 14.9 Å². The summed E-state index contributed by atoms with van der Waals surface area (Å²) in [6, 6.07) is 5.94. The summed E-state index contributed by atoms with van der Waals surface area (Å²) in [6.07, 6.45) is 5.20. The Kier molecular flexibility index (Phi) is 3.66. The van der Waals surface area contributed by atoms with E-state index in [1.807, 2.05) is 0 Å². The van der Waals surface area contributed by atoms with Crippen molar-refractivity contribution in [2.24, 2.45) is 17.8 Å². The van der Waals surface area contributed by atoms with E-state index < -0.39 is 4.92 Å². The fourth-order valence-electron chi connectivity index (χ4n) is 4.04. The molecule has 4 atom stereocenters. The largest absolute Gasteiger partial charge is 0.349 e. The monoisotopic (exact) mass is 288 g/mol. The summed E-state index contributed by atoms with van der Waals surface area (Å²) >= 11 is 0. The van der Waals surface area contributed by atoms with Crippen molar-refractivity contribution >= 4 is 11.6 Å². The number of carbonyl (C=O) groups is 1. The Balaban J connectivity index is 1.61. The summed E-state index contributed by atoms with van der Waals surface area (Å²) in [7, 11) is 0. The van der Waals surface area contributed by atoms with Gasteiger partial charge in [0.25, 0.3) is 11.6 Å². The van der Waals surface area contributed by atoms with Gasteiger partial charge in [-0.2, -0.15) is 0 Å². The van der Waals surface area contributed by atoms with E-state index in [1.54, 1.807) is 0 Å². The first-order valence-electron chi connectivity index (χ1n) is 7.60. The highest BCUT2D eigenvalue weighted by Crippen LogP contribution is 2.49. The van der Waals surface area contributed by atoms with Crippen LogP contribution in [-0.4, -0.2) is 16.9 Å². The Labute approximate surface area is 123 Å². The average molecular weight is 288 g/mol. The minimum absolute atomic E-state index is 0.00713. The van der Waals surface area contributed by atoms with Crippen LogP contribution >= 0.6 is 0 Å². The summed E-state index contributed by atoms with van der Waals surface area (Å²) in [5.74, 6) is 2.08. The Bertz CT molecular complexity index is 555. The molecule has 0 radical (unpaired) electrons. The van der Waals surface area contributed by atoms with E-state index >= 15 is 0 Å². The van der Waals surface area contributed by atoms with E-state index in [0.717, 1.165) is 11.8 Å². The molecule has 0 aromatic heterocycles. The third-order valence-corrected chi connectivity index (χ3v) is 5.13. The topological polar surface area (TPSA) is 72.2 Å². The van der Waals surface area contributed by atoms with Gasteiger partial charge in [0.05, 0.1) is 4.92 Å². The first kappa shape index (κ1) is 14.0. The van der Waals surface area contributed by atoms with Crippen molar-refractivity contribution in [2.45, 2.75) is 38.6 Å². The minimum Gasteiger partial charge on any atom is -0.349 e. The van der Waals surface area contributed by atoms with Gasteiger partial charge in [-0.3, -0.25) is 14.9 Å². The van der Waals surface area contributed by atoms with Gasteiger partial charge in [-0.05, 0) is 56.1 Å². The molecule has 1 N–H and O–H groups in total. The molecular weight excluding hydrogens is 268 g/mol. The fraction of sp³-hybridized carbons (Fsp3) is 0.562. The number of hydrogen-bond acceptors (Lipinski definition) is 3. The average Bonchev–Trinajstić information content (AvgIpc) is 3.10. The second-order valence-electron chi connectivity index (χ2n) is 6.40. The van der Waals surface area contributed by atoms with Crippen molar-refractivity contribution in [1.82, 2.24) is 5.32 Å². The van der Waals surface area contributed by atoms with Crippen LogP contribution in [0.15, 0.2) is 24.3 Å². The molecule has 0 heterocycles. The van der Waals surface area contributed by atoms with Crippen LogP contribution in [-0.2, 0) is 0 Å².